The van der Waals surface area contributed by atoms with E-state index in [9.17, 15) is 9.18 Å². The van der Waals surface area contributed by atoms with Gasteiger partial charge in [-0.25, -0.2) is 4.39 Å². The number of carbonyl (C=O) groups is 1. The number of amides is 1. The third kappa shape index (κ3) is 3.40. The molecule has 1 N–H and O–H groups in total. The first-order chi connectivity index (χ1) is 14.1. The minimum atomic E-state index is -0.327. The summed E-state index contributed by atoms with van der Waals surface area (Å²) >= 11 is 0. The van der Waals surface area contributed by atoms with E-state index in [4.69, 9.17) is 0 Å². The smallest absolute Gasteiger partial charge is 0.220 e. The number of piperidine rings is 1. The molecule has 2 aromatic carbocycles. The van der Waals surface area contributed by atoms with Gasteiger partial charge in [0.15, 0.2) is 0 Å². The number of pyridine rings is 1. The SMILES string of the molecule is O=C1CCC[C@]2(CN(Cc3ccnc4ccccc34)C[C@H]2c2cccc(F)c2)N1. The summed E-state index contributed by atoms with van der Waals surface area (Å²) in [5.41, 5.74) is 2.86. The molecule has 1 spiro atoms. The summed E-state index contributed by atoms with van der Waals surface area (Å²) in [6.45, 7) is 2.35. The van der Waals surface area contributed by atoms with Crippen molar-refractivity contribution in [3.8, 4) is 0 Å². The molecular weight excluding hydrogens is 365 g/mol. The molecule has 1 aromatic heterocycles. The molecule has 0 unspecified atom stereocenters. The summed E-state index contributed by atoms with van der Waals surface area (Å²) in [5, 5.41) is 4.46. The van der Waals surface area contributed by atoms with Crippen LogP contribution in [0.2, 0.25) is 0 Å². The first kappa shape index (κ1) is 18.3. The predicted molar refractivity (Wildman–Crippen MR) is 111 cm³/mol. The zero-order valence-corrected chi connectivity index (χ0v) is 16.3. The van der Waals surface area contributed by atoms with Crippen LogP contribution < -0.4 is 5.32 Å². The van der Waals surface area contributed by atoms with Gasteiger partial charge in [-0.15, -0.1) is 0 Å². The molecule has 0 saturated carbocycles. The number of benzene rings is 2. The Labute approximate surface area is 169 Å². The van der Waals surface area contributed by atoms with Crippen LogP contribution >= 0.6 is 0 Å². The van der Waals surface area contributed by atoms with Crippen LogP contribution in [-0.4, -0.2) is 34.4 Å². The van der Waals surface area contributed by atoms with E-state index in [1.807, 2.05) is 30.5 Å². The van der Waals surface area contributed by atoms with Crippen molar-refractivity contribution in [1.29, 1.82) is 0 Å². The lowest BCUT2D eigenvalue weighted by Crippen LogP contribution is -2.56. The van der Waals surface area contributed by atoms with Crippen LogP contribution in [0.4, 0.5) is 4.39 Å². The lowest BCUT2D eigenvalue weighted by Gasteiger charge is -2.39. The van der Waals surface area contributed by atoms with Crippen LogP contribution in [0.3, 0.4) is 0 Å². The largest absolute Gasteiger partial charge is 0.349 e. The Bertz CT molecular complexity index is 1060. The van der Waals surface area contributed by atoms with Gasteiger partial charge < -0.3 is 5.32 Å². The molecular formula is C24H24FN3O. The number of halogens is 1. The maximum atomic E-state index is 14.0. The molecule has 2 saturated heterocycles. The van der Waals surface area contributed by atoms with Crippen LogP contribution in [-0.2, 0) is 11.3 Å². The van der Waals surface area contributed by atoms with Gasteiger partial charge in [0.25, 0.3) is 0 Å². The Balaban J connectivity index is 1.48. The standard InChI is InChI=1S/C24H24FN3O/c25-19-6-3-5-17(13-19)21-15-28(16-24(21)11-4-9-23(29)27-24)14-18-10-12-26-22-8-2-1-7-20(18)22/h1-3,5-8,10,12-13,21H,4,9,11,14-16H2,(H,27,29)/t21-,24+/m0/s1. The van der Waals surface area contributed by atoms with E-state index in [1.54, 1.807) is 12.1 Å². The van der Waals surface area contributed by atoms with Gasteiger partial charge in [-0.2, -0.15) is 0 Å². The predicted octanol–water partition coefficient (Wildman–Crippen LogP) is 4.01. The topological polar surface area (TPSA) is 45.2 Å². The van der Waals surface area contributed by atoms with Crippen molar-refractivity contribution in [3.05, 3.63) is 77.7 Å². The van der Waals surface area contributed by atoms with Gasteiger partial charge in [-0.05, 0) is 48.2 Å². The average molecular weight is 389 g/mol. The number of rotatable bonds is 3. The Hall–Kier alpha value is -2.79. The number of hydrogen-bond acceptors (Lipinski definition) is 3. The number of aromatic nitrogens is 1. The van der Waals surface area contributed by atoms with Crippen molar-refractivity contribution in [1.82, 2.24) is 15.2 Å². The fraction of sp³-hybridized carbons (Fsp3) is 0.333. The molecule has 2 atom stereocenters. The third-order valence-electron chi connectivity index (χ3n) is 6.41. The summed E-state index contributed by atoms with van der Waals surface area (Å²) in [7, 11) is 0. The summed E-state index contributed by atoms with van der Waals surface area (Å²) in [6.07, 6.45) is 4.24. The minimum absolute atomic E-state index is 0.0792. The van der Waals surface area contributed by atoms with E-state index in [0.29, 0.717) is 6.42 Å². The van der Waals surface area contributed by atoms with Gasteiger partial charge in [-0.1, -0.05) is 30.3 Å². The van der Waals surface area contributed by atoms with Crippen molar-refractivity contribution in [2.75, 3.05) is 13.1 Å². The van der Waals surface area contributed by atoms with Gasteiger partial charge in [0.1, 0.15) is 5.82 Å². The van der Waals surface area contributed by atoms with Gasteiger partial charge >= 0.3 is 0 Å². The third-order valence-corrected chi connectivity index (χ3v) is 6.41. The van der Waals surface area contributed by atoms with Crippen molar-refractivity contribution in [2.45, 2.75) is 37.3 Å². The lowest BCUT2D eigenvalue weighted by atomic mass is 9.76. The number of likely N-dealkylation sites (tertiary alicyclic amines) is 1. The molecule has 0 aliphatic carbocycles. The fourth-order valence-electron chi connectivity index (χ4n) is 5.16. The first-order valence-corrected chi connectivity index (χ1v) is 10.2. The van der Waals surface area contributed by atoms with Gasteiger partial charge in [0, 0.05) is 43.6 Å². The molecule has 0 radical (unpaired) electrons. The van der Waals surface area contributed by atoms with E-state index in [1.165, 1.54) is 11.6 Å². The number of para-hydroxylation sites is 1. The summed E-state index contributed by atoms with van der Waals surface area (Å²) in [6, 6.07) is 17.1. The molecule has 5 rings (SSSR count). The maximum Gasteiger partial charge on any atom is 0.220 e. The van der Waals surface area contributed by atoms with Gasteiger partial charge in [0.05, 0.1) is 11.1 Å². The van der Waals surface area contributed by atoms with Crippen LogP contribution in [0.25, 0.3) is 10.9 Å². The summed E-state index contributed by atoms with van der Waals surface area (Å²) < 4.78 is 14.0. The second-order valence-corrected chi connectivity index (χ2v) is 8.32. The van der Waals surface area contributed by atoms with Gasteiger partial charge in [0.2, 0.25) is 5.91 Å². The van der Waals surface area contributed by atoms with Crippen LogP contribution in [0.1, 0.15) is 36.3 Å². The second-order valence-electron chi connectivity index (χ2n) is 8.32. The zero-order valence-electron chi connectivity index (χ0n) is 16.3. The fourth-order valence-corrected chi connectivity index (χ4v) is 5.16. The normalized spacial score (nSPS) is 24.9. The Morgan fingerprint density at radius 2 is 2.07 bits per heavy atom. The highest BCUT2D eigenvalue weighted by molar-refractivity contribution is 5.81. The average Bonchev–Trinajstić information content (AvgIpc) is 3.05. The van der Waals surface area contributed by atoms with Crippen LogP contribution in [0, 0.1) is 5.82 Å². The molecule has 0 bridgehead atoms. The number of hydrogen-bond donors (Lipinski definition) is 1. The molecule has 29 heavy (non-hydrogen) atoms. The molecule has 3 heterocycles. The molecule has 5 heteroatoms. The highest BCUT2D eigenvalue weighted by Crippen LogP contribution is 2.42. The molecule has 4 nitrogen and oxygen atoms in total. The number of carbonyl (C=O) groups excluding carboxylic acids is 1. The highest BCUT2D eigenvalue weighted by atomic mass is 19.1. The molecule has 1 amide bonds. The quantitative estimate of drug-likeness (QED) is 0.736. The molecule has 3 aromatic rings. The molecule has 2 aliphatic rings. The first-order valence-electron chi connectivity index (χ1n) is 10.2. The number of nitrogens with one attached hydrogen (secondary N) is 1. The monoisotopic (exact) mass is 389 g/mol. The van der Waals surface area contributed by atoms with Crippen molar-refractivity contribution in [3.63, 3.8) is 0 Å². The molecule has 2 aliphatic heterocycles. The minimum Gasteiger partial charge on any atom is -0.349 e. The Kier molecular flexibility index (Phi) is 4.55. The van der Waals surface area contributed by atoms with Crippen molar-refractivity contribution >= 4 is 16.8 Å². The summed E-state index contributed by atoms with van der Waals surface area (Å²) in [5.74, 6) is -0.0391. The Morgan fingerprint density at radius 1 is 1.17 bits per heavy atom. The van der Waals surface area contributed by atoms with Crippen LogP contribution in [0.5, 0.6) is 0 Å². The zero-order chi connectivity index (χ0) is 19.8. The Morgan fingerprint density at radius 3 is 2.93 bits per heavy atom. The lowest BCUT2D eigenvalue weighted by molar-refractivity contribution is -0.125. The second kappa shape index (κ2) is 7.23. The van der Waals surface area contributed by atoms with E-state index in [2.05, 4.69) is 27.3 Å². The maximum absolute atomic E-state index is 14.0. The van der Waals surface area contributed by atoms with E-state index in [0.717, 1.165) is 48.9 Å². The summed E-state index contributed by atoms with van der Waals surface area (Å²) in [4.78, 5) is 19.2. The van der Waals surface area contributed by atoms with Crippen LogP contribution in [0.15, 0.2) is 60.8 Å². The van der Waals surface area contributed by atoms with Gasteiger partial charge in [-0.3, -0.25) is 14.7 Å². The molecule has 148 valence electrons. The molecule has 2 fully saturated rings. The van der Waals surface area contributed by atoms with Crippen molar-refractivity contribution in [2.24, 2.45) is 0 Å². The van der Waals surface area contributed by atoms with E-state index >= 15 is 0 Å². The highest BCUT2D eigenvalue weighted by Gasteiger charge is 2.49. The number of fused-ring (bicyclic) bond motifs is 1. The number of nitrogens with zero attached hydrogens (tertiary/aromatic N) is 2. The van der Waals surface area contributed by atoms with E-state index in [-0.39, 0.29) is 23.2 Å². The van der Waals surface area contributed by atoms with Crippen molar-refractivity contribution < 1.29 is 9.18 Å². The van der Waals surface area contributed by atoms with E-state index < -0.39 is 0 Å².